The Balaban J connectivity index is 1.91. The Kier molecular flexibility index (Phi) is 4.98. The number of hydrogen-bond acceptors (Lipinski definition) is 4. The van der Waals surface area contributed by atoms with Gasteiger partial charge < -0.3 is 5.32 Å². The van der Waals surface area contributed by atoms with Crippen LogP contribution in [0.15, 0.2) is 53.3 Å². The van der Waals surface area contributed by atoms with Crippen molar-refractivity contribution in [3.05, 3.63) is 69.3 Å². The van der Waals surface area contributed by atoms with Gasteiger partial charge in [0.05, 0.1) is 5.39 Å². The van der Waals surface area contributed by atoms with E-state index in [1.54, 1.807) is 17.7 Å². The molecular formula is C22H20BrN3S. The van der Waals surface area contributed by atoms with E-state index in [4.69, 9.17) is 0 Å². The fraction of sp³-hybridized carbons (Fsp3) is 0.182. The molecule has 0 amide bonds. The highest BCUT2D eigenvalue weighted by molar-refractivity contribution is 9.10. The van der Waals surface area contributed by atoms with E-state index in [0.29, 0.717) is 0 Å². The second-order valence-corrected chi connectivity index (χ2v) is 8.66. The van der Waals surface area contributed by atoms with Crippen LogP contribution in [-0.2, 0) is 6.42 Å². The van der Waals surface area contributed by atoms with Crippen molar-refractivity contribution in [2.45, 2.75) is 27.2 Å². The molecule has 1 N–H and O–H groups in total. The van der Waals surface area contributed by atoms with Crippen LogP contribution in [0.5, 0.6) is 0 Å². The Morgan fingerprint density at radius 3 is 2.37 bits per heavy atom. The first-order valence-corrected chi connectivity index (χ1v) is 10.5. The molecule has 0 unspecified atom stereocenters. The molecule has 2 aromatic heterocycles. The van der Waals surface area contributed by atoms with Gasteiger partial charge in [-0.2, -0.15) is 0 Å². The minimum atomic E-state index is 0.860. The summed E-state index contributed by atoms with van der Waals surface area (Å²) in [5.74, 6) is 0.860. The van der Waals surface area contributed by atoms with Crippen LogP contribution in [0.25, 0.3) is 21.3 Å². The van der Waals surface area contributed by atoms with Gasteiger partial charge in [0.15, 0.2) is 0 Å². The maximum Gasteiger partial charge on any atom is 0.143 e. The zero-order chi connectivity index (χ0) is 19.0. The molecule has 0 spiro atoms. The molecule has 2 heterocycles. The molecule has 0 radical (unpaired) electrons. The number of hydrogen-bond donors (Lipinski definition) is 1. The standard InChI is InChI=1S/C22H20BrN3S/c1-4-18-19(15-5-7-16(23)8-6-15)20-21(24-12-25-22(20)27-18)26-17-10-13(2)9-14(3)11-17/h5-12H,4H2,1-3H3,(H,24,25,26). The van der Waals surface area contributed by atoms with E-state index in [1.807, 2.05) is 0 Å². The molecule has 0 saturated heterocycles. The van der Waals surface area contributed by atoms with Gasteiger partial charge >= 0.3 is 0 Å². The number of nitrogens with zero attached hydrogens (tertiary/aromatic N) is 2. The highest BCUT2D eigenvalue weighted by Crippen LogP contribution is 2.42. The van der Waals surface area contributed by atoms with Crippen LogP contribution >= 0.6 is 27.3 Å². The second-order valence-electron chi connectivity index (χ2n) is 6.66. The van der Waals surface area contributed by atoms with Crippen LogP contribution in [-0.4, -0.2) is 9.97 Å². The van der Waals surface area contributed by atoms with Crippen LogP contribution in [0.1, 0.15) is 22.9 Å². The molecule has 136 valence electrons. The smallest absolute Gasteiger partial charge is 0.143 e. The first kappa shape index (κ1) is 18.1. The quantitative estimate of drug-likeness (QED) is 0.371. The monoisotopic (exact) mass is 437 g/mol. The lowest BCUT2D eigenvalue weighted by atomic mass is 10.0. The van der Waals surface area contributed by atoms with E-state index < -0.39 is 0 Å². The number of nitrogens with one attached hydrogen (secondary N) is 1. The summed E-state index contributed by atoms with van der Waals surface area (Å²) in [6, 6.07) is 14.9. The molecule has 3 nitrogen and oxygen atoms in total. The molecule has 2 aromatic carbocycles. The van der Waals surface area contributed by atoms with Gasteiger partial charge in [-0.3, -0.25) is 0 Å². The predicted molar refractivity (Wildman–Crippen MR) is 119 cm³/mol. The maximum absolute atomic E-state index is 4.59. The number of benzene rings is 2. The number of thiophene rings is 1. The molecule has 0 bridgehead atoms. The molecule has 0 aliphatic heterocycles. The minimum Gasteiger partial charge on any atom is -0.340 e. The fourth-order valence-electron chi connectivity index (χ4n) is 3.43. The molecular weight excluding hydrogens is 418 g/mol. The summed E-state index contributed by atoms with van der Waals surface area (Å²) in [7, 11) is 0. The van der Waals surface area contributed by atoms with Crippen LogP contribution in [0.4, 0.5) is 11.5 Å². The topological polar surface area (TPSA) is 37.8 Å². The number of halogens is 1. The lowest BCUT2D eigenvalue weighted by molar-refractivity contribution is 1.19. The number of anilines is 2. The van der Waals surface area contributed by atoms with Gasteiger partial charge in [-0.1, -0.05) is 41.1 Å². The summed E-state index contributed by atoms with van der Waals surface area (Å²) < 4.78 is 1.08. The molecule has 0 atom stereocenters. The van der Waals surface area contributed by atoms with Gasteiger partial charge in [-0.25, -0.2) is 9.97 Å². The fourth-order valence-corrected chi connectivity index (χ4v) is 4.79. The van der Waals surface area contributed by atoms with Crippen LogP contribution < -0.4 is 5.32 Å². The van der Waals surface area contributed by atoms with Gasteiger partial charge in [-0.15, -0.1) is 11.3 Å². The zero-order valence-electron chi connectivity index (χ0n) is 15.5. The molecule has 5 heteroatoms. The van der Waals surface area contributed by atoms with Crippen LogP contribution in [0.3, 0.4) is 0 Å². The average molecular weight is 438 g/mol. The van der Waals surface area contributed by atoms with Crippen molar-refractivity contribution >= 4 is 49.0 Å². The summed E-state index contributed by atoms with van der Waals surface area (Å²) >= 11 is 5.28. The van der Waals surface area contributed by atoms with Gasteiger partial charge in [0.1, 0.15) is 17.0 Å². The molecule has 0 saturated carbocycles. The molecule has 27 heavy (non-hydrogen) atoms. The van der Waals surface area contributed by atoms with Gasteiger partial charge in [0.2, 0.25) is 0 Å². The zero-order valence-corrected chi connectivity index (χ0v) is 17.9. The lowest BCUT2D eigenvalue weighted by Gasteiger charge is -2.11. The van der Waals surface area contributed by atoms with Crippen LogP contribution in [0.2, 0.25) is 0 Å². The predicted octanol–water partition coefficient (Wildman–Crippen LogP) is 7.04. The molecule has 0 aliphatic rings. The summed E-state index contributed by atoms with van der Waals surface area (Å²) in [4.78, 5) is 11.5. The Morgan fingerprint density at radius 1 is 1.00 bits per heavy atom. The summed E-state index contributed by atoms with van der Waals surface area (Å²) in [5.41, 5.74) is 5.95. The maximum atomic E-state index is 4.59. The SMILES string of the molecule is CCc1sc2ncnc(Nc3cc(C)cc(C)c3)c2c1-c1ccc(Br)cc1. The Labute approximate surface area is 171 Å². The van der Waals surface area contributed by atoms with Crippen molar-refractivity contribution in [3.8, 4) is 11.1 Å². The van der Waals surface area contributed by atoms with Crippen molar-refractivity contribution in [2.75, 3.05) is 5.32 Å². The largest absolute Gasteiger partial charge is 0.340 e. The molecule has 4 rings (SSSR count). The average Bonchev–Trinajstić information content (AvgIpc) is 3.01. The summed E-state index contributed by atoms with van der Waals surface area (Å²) in [6.45, 7) is 6.42. The summed E-state index contributed by atoms with van der Waals surface area (Å²) in [5, 5.41) is 4.63. The van der Waals surface area contributed by atoms with Crippen molar-refractivity contribution in [2.24, 2.45) is 0 Å². The van der Waals surface area contributed by atoms with Gasteiger partial charge in [0, 0.05) is 20.6 Å². The normalized spacial score (nSPS) is 11.1. The number of aryl methyl sites for hydroxylation is 3. The number of fused-ring (bicyclic) bond motifs is 1. The number of rotatable bonds is 4. The Hall–Kier alpha value is -2.24. The molecule has 4 aromatic rings. The third-order valence-corrected chi connectivity index (χ3v) is 6.27. The highest BCUT2D eigenvalue weighted by Gasteiger charge is 2.18. The third kappa shape index (κ3) is 3.62. The highest BCUT2D eigenvalue weighted by atomic mass is 79.9. The van der Waals surface area contributed by atoms with Gasteiger partial charge in [0.25, 0.3) is 0 Å². The van der Waals surface area contributed by atoms with Crippen molar-refractivity contribution in [1.82, 2.24) is 9.97 Å². The first-order valence-electron chi connectivity index (χ1n) is 8.92. The van der Waals surface area contributed by atoms with E-state index >= 15 is 0 Å². The van der Waals surface area contributed by atoms with E-state index in [1.165, 1.54) is 27.1 Å². The Morgan fingerprint density at radius 2 is 1.70 bits per heavy atom. The Bertz CT molecular complexity index is 1100. The van der Waals surface area contributed by atoms with Crippen molar-refractivity contribution < 1.29 is 0 Å². The molecule has 0 aliphatic carbocycles. The van der Waals surface area contributed by atoms with Crippen molar-refractivity contribution in [3.63, 3.8) is 0 Å². The number of aromatic nitrogens is 2. The van der Waals surface area contributed by atoms with Crippen LogP contribution in [0, 0.1) is 13.8 Å². The lowest BCUT2D eigenvalue weighted by Crippen LogP contribution is -1.97. The van der Waals surface area contributed by atoms with E-state index in [-0.39, 0.29) is 0 Å². The first-order chi connectivity index (χ1) is 13.0. The second kappa shape index (κ2) is 7.41. The molecule has 0 fully saturated rings. The van der Waals surface area contributed by atoms with E-state index in [2.05, 4.69) is 94.5 Å². The minimum absolute atomic E-state index is 0.860. The van der Waals surface area contributed by atoms with E-state index in [9.17, 15) is 0 Å². The third-order valence-electron chi connectivity index (χ3n) is 4.50. The van der Waals surface area contributed by atoms with Gasteiger partial charge in [-0.05, 0) is 61.2 Å². The summed E-state index contributed by atoms with van der Waals surface area (Å²) in [6.07, 6.45) is 2.62. The van der Waals surface area contributed by atoms with E-state index in [0.717, 1.165) is 32.6 Å². The van der Waals surface area contributed by atoms with Crippen molar-refractivity contribution in [1.29, 1.82) is 0 Å².